The lowest BCUT2D eigenvalue weighted by Crippen LogP contribution is -1.96. The van der Waals surface area contributed by atoms with Crippen LogP contribution in [0.3, 0.4) is 0 Å². The average Bonchev–Trinajstić information content (AvgIpc) is 2.28. The predicted octanol–water partition coefficient (Wildman–Crippen LogP) is 3.67. The summed E-state index contributed by atoms with van der Waals surface area (Å²) in [7, 11) is 1.87. The maximum atomic E-state index is 5.73. The Bertz CT molecular complexity index is 232. The van der Waals surface area contributed by atoms with Gasteiger partial charge >= 0.3 is 0 Å². The Morgan fingerprint density at radius 1 is 1.07 bits per heavy atom. The van der Waals surface area contributed by atoms with E-state index < -0.39 is 0 Å². The fourth-order valence-electron chi connectivity index (χ4n) is 0.899. The molecule has 0 aliphatic carbocycles. The summed E-state index contributed by atoms with van der Waals surface area (Å²) in [4.78, 5) is 0. The molecule has 1 rings (SSSR count). The smallest absolute Gasteiger partial charge is 0.0579 e. The third-order valence-corrected chi connectivity index (χ3v) is 1.59. The molecule has 1 aromatic rings. The SMILES string of the molecule is CC.CC.CNc1cccc(C)c1N. The lowest BCUT2D eigenvalue weighted by Gasteiger charge is -2.05. The van der Waals surface area contributed by atoms with Crippen LogP contribution in [-0.4, -0.2) is 7.05 Å². The second-order valence-electron chi connectivity index (χ2n) is 2.29. The first-order valence-electron chi connectivity index (χ1n) is 5.28. The van der Waals surface area contributed by atoms with Gasteiger partial charge in [0, 0.05) is 7.05 Å². The second-order valence-corrected chi connectivity index (χ2v) is 2.29. The summed E-state index contributed by atoms with van der Waals surface area (Å²) in [5.41, 5.74) is 8.69. The van der Waals surface area contributed by atoms with Gasteiger partial charge in [0.15, 0.2) is 0 Å². The molecule has 0 bridgehead atoms. The number of nitrogens with two attached hydrogens (primary N) is 1. The fourth-order valence-corrected chi connectivity index (χ4v) is 0.899. The summed E-state index contributed by atoms with van der Waals surface area (Å²) < 4.78 is 0. The van der Waals surface area contributed by atoms with Gasteiger partial charge in [0.05, 0.1) is 11.4 Å². The van der Waals surface area contributed by atoms with E-state index in [-0.39, 0.29) is 0 Å². The van der Waals surface area contributed by atoms with Gasteiger partial charge in [-0.25, -0.2) is 0 Å². The summed E-state index contributed by atoms with van der Waals surface area (Å²) in [5, 5.41) is 3.01. The van der Waals surface area contributed by atoms with Crippen LogP contribution in [0.4, 0.5) is 11.4 Å². The number of nitrogens with one attached hydrogen (secondary N) is 1. The zero-order chi connectivity index (χ0) is 11.6. The first kappa shape index (κ1) is 15.3. The number of anilines is 2. The van der Waals surface area contributed by atoms with Gasteiger partial charge in [0.2, 0.25) is 0 Å². The molecular formula is C12H24N2. The van der Waals surface area contributed by atoms with Crippen LogP contribution in [0.2, 0.25) is 0 Å². The Morgan fingerprint density at radius 2 is 1.57 bits per heavy atom. The number of rotatable bonds is 1. The third-order valence-electron chi connectivity index (χ3n) is 1.59. The van der Waals surface area contributed by atoms with Crippen LogP contribution in [0, 0.1) is 6.92 Å². The molecule has 0 saturated carbocycles. The molecule has 0 heterocycles. The molecule has 0 aromatic heterocycles. The van der Waals surface area contributed by atoms with Crippen LogP contribution in [-0.2, 0) is 0 Å². The van der Waals surface area contributed by atoms with E-state index in [4.69, 9.17) is 5.73 Å². The van der Waals surface area contributed by atoms with Crippen molar-refractivity contribution in [1.82, 2.24) is 0 Å². The highest BCUT2D eigenvalue weighted by molar-refractivity contribution is 5.69. The van der Waals surface area contributed by atoms with Crippen molar-refractivity contribution in [2.75, 3.05) is 18.1 Å². The van der Waals surface area contributed by atoms with E-state index >= 15 is 0 Å². The number of nitrogen functional groups attached to an aromatic ring is 1. The molecule has 2 nitrogen and oxygen atoms in total. The molecule has 0 fully saturated rings. The minimum absolute atomic E-state index is 0.838. The number of hydrogen-bond donors (Lipinski definition) is 2. The Balaban J connectivity index is 0. The first-order chi connectivity index (χ1) is 6.75. The van der Waals surface area contributed by atoms with Crippen molar-refractivity contribution in [3.8, 4) is 0 Å². The summed E-state index contributed by atoms with van der Waals surface area (Å²) in [6.07, 6.45) is 0. The van der Waals surface area contributed by atoms with E-state index in [1.165, 1.54) is 0 Å². The maximum Gasteiger partial charge on any atom is 0.0579 e. The van der Waals surface area contributed by atoms with Crippen molar-refractivity contribution in [2.24, 2.45) is 0 Å². The quantitative estimate of drug-likeness (QED) is 0.672. The topological polar surface area (TPSA) is 38.0 Å². The monoisotopic (exact) mass is 196 g/mol. The van der Waals surface area contributed by atoms with Gasteiger partial charge in [0.25, 0.3) is 0 Å². The highest BCUT2D eigenvalue weighted by Crippen LogP contribution is 2.20. The Morgan fingerprint density at radius 3 is 1.93 bits per heavy atom. The van der Waals surface area contributed by atoms with Crippen LogP contribution < -0.4 is 11.1 Å². The van der Waals surface area contributed by atoms with Crippen LogP contribution >= 0.6 is 0 Å². The standard InChI is InChI=1S/C8H12N2.2C2H6/c1-6-4-3-5-7(10-2)8(6)9;2*1-2/h3-5,10H,9H2,1-2H3;2*1-2H3. The van der Waals surface area contributed by atoms with Gasteiger partial charge in [-0.05, 0) is 18.6 Å². The lowest BCUT2D eigenvalue weighted by molar-refractivity contribution is 1.43. The molecule has 0 amide bonds. The zero-order valence-electron chi connectivity index (χ0n) is 10.3. The van der Waals surface area contributed by atoms with Gasteiger partial charge in [0.1, 0.15) is 0 Å². The molecule has 0 aliphatic heterocycles. The molecule has 0 unspecified atom stereocenters. The van der Waals surface area contributed by atoms with Crippen molar-refractivity contribution in [3.05, 3.63) is 23.8 Å². The number of benzene rings is 1. The van der Waals surface area contributed by atoms with E-state index in [1.54, 1.807) is 0 Å². The van der Waals surface area contributed by atoms with Gasteiger partial charge in [-0.3, -0.25) is 0 Å². The van der Waals surface area contributed by atoms with E-state index in [9.17, 15) is 0 Å². The van der Waals surface area contributed by atoms with Crippen LogP contribution in [0.5, 0.6) is 0 Å². The predicted molar refractivity (Wildman–Crippen MR) is 67.8 cm³/mol. The van der Waals surface area contributed by atoms with Crippen molar-refractivity contribution in [1.29, 1.82) is 0 Å². The van der Waals surface area contributed by atoms with Gasteiger partial charge in [-0.2, -0.15) is 0 Å². The molecule has 3 N–H and O–H groups in total. The van der Waals surface area contributed by atoms with Crippen molar-refractivity contribution < 1.29 is 0 Å². The van der Waals surface area contributed by atoms with E-state index in [1.807, 2.05) is 59.9 Å². The lowest BCUT2D eigenvalue weighted by atomic mass is 10.2. The molecule has 0 spiro atoms. The van der Waals surface area contributed by atoms with Gasteiger partial charge in [-0.1, -0.05) is 39.8 Å². The normalized spacial score (nSPS) is 7.57. The van der Waals surface area contributed by atoms with Gasteiger partial charge in [-0.15, -0.1) is 0 Å². The summed E-state index contributed by atoms with van der Waals surface area (Å²) in [6.45, 7) is 10.00. The molecule has 0 saturated heterocycles. The summed E-state index contributed by atoms with van der Waals surface area (Å²) in [6, 6.07) is 5.94. The van der Waals surface area contributed by atoms with Gasteiger partial charge < -0.3 is 11.1 Å². The Labute approximate surface area is 88.5 Å². The highest BCUT2D eigenvalue weighted by Gasteiger charge is 1.96. The highest BCUT2D eigenvalue weighted by atomic mass is 14.8. The number of para-hydroxylation sites is 1. The van der Waals surface area contributed by atoms with E-state index in [0.717, 1.165) is 16.9 Å². The Hall–Kier alpha value is -1.18. The van der Waals surface area contributed by atoms with Crippen LogP contribution in [0.1, 0.15) is 33.3 Å². The Kier molecular flexibility index (Phi) is 10.8. The average molecular weight is 196 g/mol. The minimum atomic E-state index is 0.838. The summed E-state index contributed by atoms with van der Waals surface area (Å²) >= 11 is 0. The van der Waals surface area contributed by atoms with Crippen molar-refractivity contribution >= 4 is 11.4 Å². The van der Waals surface area contributed by atoms with Crippen molar-refractivity contribution in [3.63, 3.8) is 0 Å². The van der Waals surface area contributed by atoms with Crippen molar-refractivity contribution in [2.45, 2.75) is 34.6 Å². The largest absolute Gasteiger partial charge is 0.397 e. The van der Waals surface area contributed by atoms with E-state index in [0.29, 0.717) is 0 Å². The molecule has 1 aromatic carbocycles. The van der Waals surface area contributed by atoms with Crippen LogP contribution in [0.15, 0.2) is 18.2 Å². The first-order valence-corrected chi connectivity index (χ1v) is 5.28. The number of hydrogen-bond acceptors (Lipinski definition) is 2. The van der Waals surface area contributed by atoms with Crippen LogP contribution in [0.25, 0.3) is 0 Å². The molecular weight excluding hydrogens is 172 g/mol. The summed E-state index contributed by atoms with van der Waals surface area (Å²) in [5.74, 6) is 0. The molecule has 0 atom stereocenters. The molecule has 14 heavy (non-hydrogen) atoms. The molecule has 0 radical (unpaired) electrons. The molecule has 0 aliphatic rings. The maximum absolute atomic E-state index is 5.73. The molecule has 82 valence electrons. The number of aryl methyl sites for hydroxylation is 1. The zero-order valence-corrected chi connectivity index (χ0v) is 10.3. The minimum Gasteiger partial charge on any atom is -0.397 e. The van der Waals surface area contributed by atoms with E-state index in [2.05, 4.69) is 5.32 Å². The second kappa shape index (κ2) is 9.90. The fraction of sp³-hybridized carbons (Fsp3) is 0.500. The third kappa shape index (κ3) is 4.75. The molecule has 2 heteroatoms.